The quantitative estimate of drug-likeness (QED) is 0.869. The molecule has 1 fully saturated rings. The van der Waals surface area contributed by atoms with Crippen LogP contribution in [-0.4, -0.2) is 47.5 Å². The maximum Gasteiger partial charge on any atom is 0.410 e. The van der Waals surface area contributed by atoms with Crippen molar-refractivity contribution in [1.29, 1.82) is 0 Å². The molecule has 0 radical (unpaired) electrons. The first-order valence-electron chi connectivity index (χ1n) is 6.57. The van der Waals surface area contributed by atoms with Crippen molar-refractivity contribution in [1.82, 2.24) is 4.90 Å². The van der Waals surface area contributed by atoms with Gasteiger partial charge in [0.05, 0.1) is 6.54 Å². The van der Waals surface area contributed by atoms with Gasteiger partial charge in [-0.3, -0.25) is 0 Å². The second-order valence-corrected chi connectivity index (χ2v) is 5.01. The van der Waals surface area contributed by atoms with Crippen molar-refractivity contribution < 1.29 is 19.0 Å². The van der Waals surface area contributed by atoms with Gasteiger partial charge in [0.1, 0.15) is 18.4 Å². The van der Waals surface area contributed by atoms with Gasteiger partial charge in [-0.2, -0.15) is 0 Å². The predicted octanol–water partition coefficient (Wildman–Crippen LogP) is 1.06. The molecule has 0 aromatic heterocycles. The molecule has 0 spiro atoms. The summed E-state index contributed by atoms with van der Waals surface area (Å²) in [5, 5.41) is 9.88. The molecule has 20 heavy (non-hydrogen) atoms. The monoisotopic (exact) mass is 282 g/mol. The number of aliphatic hydroxyl groups is 1. The highest BCUT2D eigenvalue weighted by atomic mass is 19.1. The molecule has 2 atom stereocenters. The summed E-state index contributed by atoms with van der Waals surface area (Å²) in [6, 6.07) is 9.26. The molecule has 2 rings (SSSR count). The van der Waals surface area contributed by atoms with E-state index in [1.54, 1.807) is 0 Å². The average Bonchev–Trinajstić information content (AvgIpc) is 2.48. The lowest BCUT2D eigenvalue weighted by atomic mass is 9.90. The number of halogens is 1. The molecule has 3 N–H and O–H groups in total. The summed E-state index contributed by atoms with van der Waals surface area (Å²) in [6.45, 7) is 0.0401. The number of carbonyl (C=O) groups is 1. The first kappa shape index (κ1) is 14.7. The largest absolute Gasteiger partial charge is 0.445 e. The van der Waals surface area contributed by atoms with Crippen molar-refractivity contribution in [2.75, 3.05) is 19.6 Å². The summed E-state index contributed by atoms with van der Waals surface area (Å²) in [7, 11) is 0. The zero-order chi connectivity index (χ0) is 14.6. The van der Waals surface area contributed by atoms with Gasteiger partial charge in [0.15, 0.2) is 0 Å². The number of hydrogen-bond donors (Lipinski definition) is 2. The minimum absolute atomic E-state index is 0.116. The van der Waals surface area contributed by atoms with Gasteiger partial charge in [-0.05, 0) is 12.0 Å². The Kier molecular flexibility index (Phi) is 4.57. The molecule has 1 aliphatic heterocycles. The Morgan fingerprint density at radius 2 is 2.20 bits per heavy atom. The first-order chi connectivity index (χ1) is 9.55. The van der Waals surface area contributed by atoms with Crippen LogP contribution in [0.2, 0.25) is 0 Å². The van der Waals surface area contributed by atoms with E-state index in [0.29, 0.717) is 0 Å². The van der Waals surface area contributed by atoms with Crippen LogP contribution in [0.1, 0.15) is 12.0 Å². The van der Waals surface area contributed by atoms with Crippen LogP contribution < -0.4 is 5.73 Å². The number of carbonyl (C=O) groups excluding carboxylic acids is 1. The van der Waals surface area contributed by atoms with Crippen LogP contribution in [0.25, 0.3) is 0 Å². The Morgan fingerprint density at radius 3 is 2.80 bits per heavy atom. The van der Waals surface area contributed by atoms with Gasteiger partial charge in [0.25, 0.3) is 0 Å². The summed E-state index contributed by atoms with van der Waals surface area (Å²) in [6.07, 6.45) is -2.01. The van der Waals surface area contributed by atoms with E-state index in [1.807, 2.05) is 30.3 Å². The van der Waals surface area contributed by atoms with Gasteiger partial charge in [-0.1, -0.05) is 30.3 Å². The SMILES string of the molecule is NCC1(O)CCN(C(=O)OCc2ccccc2)CC1F. The molecular formula is C14H19FN2O3. The number of piperidine rings is 1. The third kappa shape index (κ3) is 3.26. The summed E-state index contributed by atoms with van der Waals surface area (Å²) >= 11 is 0. The molecule has 0 bridgehead atoms. The number of nitrogens with two attached hydrogens (primary N) is 1. The molecule has 1 aromatic rings. The zero-order valence-electron chi connectivity index (χ0n) is 11.2. The number of likely N-dealkylation sites (tertiary alicyclic amines) is 1. The van der Waals surface area contributed by atoms with Crippen LogP contribution in [0.15, 0.2) is 30.3 Å². The molecule has 1 heterocycles. The van der Waals surface area contributed by atoms with E-state index in [9.17, 15) is 14.3 Å². The topological polar surface area (TPSA) is 75.8 Å². The highest BCUT2D eigenvalue weighted by Gasteiger charge is 2.42. The highest BCUT2D eigenvalue weighted by molar-refractivity contribution is 5.67. The van der Waals surface area contributed by atoms with Crippen molar-refractivity contribution in [2.24, 2.45) is 5.73 Å². The van der Waals surface area contributed by atoms with E-state index in [1.165, 1.54) is 4.90 Å². The molecule has 110 valence electrons. The van der Waals surface area contributed by atoms with Gasteiger partial charge in [-0.15, -0.1) is 0 Å². The second kappa shape index (κ2) is 6.19. The van der Waals surface area contributed by atoms with Gasteiger partial charge in [0.2, 0.25) is 0 Å². The highest BCUT2D eigenvalue weighted by Crippen LogP contribution is 2.24. The first-order valence-corrected chi connectivity index (χ1v) is 6.57. The molecule has 6 heteroatoms. The fourth-order valence-electron chi connectivity index (χ4n) is 2.15. The van der Waals surface area contributed by atoms with Crippen LogP contribution in [0.5, 0.6) is 0 Å². The Bertz CT molecular complexity index is 457. The molecule has 1 aliphatic rings. The Hall–Kier alpha value is -1.66. The van der Waals surface area contributed by atoms with Crippen LogP contribution in [0.4, 0.5) is 9.18 Å². The zero-order valence-corrected chi connectivity index (χ0v) is 11.2. The van der Waals surface area contributed by atoms with Gasteiger partial charge >= 0.3 is 6.09 Å². The summed E-state index contributed by atoms with van der Waals surface area (Å²) < 4.78 is 19.0. The molecule has 0 saturated carbocycles. The third-order valence-electron chi connectivity index (χ3n) is 3.60. The van der Waals surface area contributed by atoms with E-state index < -0.39 is 17.9 Å². The fraction of sp³-hybridized carbons (Fsp3) is 0.500. The van der Waals surface area contributed by atoms with Crippen molar-refractivity contribution in [3.05, 3.63) is 35.9 Å². The molecule has 1 saturated heterocycles. The summed E-state index contributed by atoms with van der Waals surface area (Å²) in [5.41, 5.74) is 4.70. The van der Waals surface area contributed by atoms with Gasteiger partial charge in [-0.25, -0.2) is 9.18 Å². The van der Waals surface area contributed by atoms with E-state index >= 15 is 0 Å². The van der Waals surface area contributed by atoms with E-state index in [4.69, 9.17) is 10.5 Å². The standard InChI is InChI=1S/C14H19FN2O3/c15-12-8-17(7-6-14(12,19)10-16)13(18)20-9-11-4-2-1-3-5-11/h1-5,12,19H,6-10,16H2. The Morgan fingerprint density at radius 1 is 1.50 bits per heavy atom. The van der Waals surface area contributed by atoms with Crippen molar-refractivity contribution in [3.8, 4) is 0 Å². The van der Waals surface area contributed by atoms with Crippen LogP contribution in [-0.2, 0) is 11.3 Å². The fourth-order valence-corrected chi connectivity index (χ4v) is 2.15. The van der Waals surface area contributed by atoms with Crippen LogP contribution in [0, 0.1) is 0 Å². The molecule has 1 amide bonds. The number of benzene rings is 1. The lowest BCUT2D eigenvalue weighted by molar-refractivity contribution is -0.0745. The maximum atomic E-state index is 13.8. The normalized spacial score (nSPS) is 26.4. The van der Waals surface area contributed by atoms with E-state index in [-0.39, 0.29) is 32.7 Å². The Labute approximate surface area is 117 Å². The summed E-state index contributed by atoms with van der Waals surface area (Å²) in [4.78, 5) is 13.1. The number of ether oxygens (including phenoxy) is 1. The minimum atomic E-state index is -1.55. The van der Waals surface area contributed by atoms with Crippen molar-refractivity contribution in [2.45, 2.75) is 24.8 Å². The molecule has 1 aromatic carbocycles. The number of hydrogen-bond acceptors (Lipinski definition) is 4. The number of rotatable bonds is 3. The van der Waals surface area contributed by atoms with Crippen LogP contribution >= 0.6 is 0 Å². The second-order valence-electron chi connectivity index (χ2n) is 5.01. The van der Waals surface area contributed by atoms with Crippen molar-refractivity contribution >= 4 is 6.09 Å². The van der Waals surface area contributed by atoms with Gasteiger partial charge < -0.3 is 20.5 Å². The lowest BCUT2D eigenvalue weighted by Crippen LogP contribution is -2.58. The van der Waals surface area contributed by atoms with E-state index in [0.717, 1.165) is 5.56 Å². The average molecular weight is 282 g/mol. The van der Waals surface area contributed by atoms with Crippen LogP contribution in [0.3, 0.4) is 0 Å². The molecular weight excluding hydrogens is 263 g/mol. The Balaban J connectivity index is 1.85. The lowest BCUT2D eigenvalue weighted by Gasteiger charge is -2.39. The third-order valence-corrected chi connectivity index (χ3v) is 3.60. The van der Waals surface area contributed by atoms with Crippen molar-refractivity contribution in [3.63, 3.8) is 0 Å². The maximum absolute atomic E-state index is 13.8. The summed E-state index contributed by atoms with van der Waals surface area (Å²) in [5.74, 6) is 0. The van der Waals surface area contributed by atoms with Gasteiger partial charge in [0, 0.05) is 13.1 Å². The molecule has 2 unspecified atom stereocenters. The number of amides is 1. The molecule has 5 nitrogen and oxygen atoms in total. The molecule has 0 aliphatic carbocycles. The minimum Gasteiger partial charge on any atom is -0.445 e. The van der Waals surface area contributed by atoms with E-state index in [2.05, 4.69) is 0 Å². The smallest absolute Gasteiger partial charge is 0.410 e. The predicted molar refractivity (Wildman–Crippen MR) is 71.7 cm³/mol. The number of alkyl halides is 1. The number of nitrogens with zero attached hydrogens (tertiary/aromatic N) is 1.